The molecule has 2 saturated heterocycles. The first-order valence-electron chi connectivity index (χ1n) is 5.69. The summed E-state index contributed by atoms with van der Waals surface area (Å²) in [6, 6.07) is 0. The van der Waals surface area contributed by atoms with Gasteiger partial charge in [-0.25, -0.2) is 0 Å². The molecule has 3 nitrogen and oxygen atoms in total. The van der Waals surface area contributed by atoms with Crippen LogP contribution in [0.4, 0.5) is 0 Å². The number of aliphatic hydroxyl groups is 1. The minimum atomic E-state index is -0.443. The molecule has 2 fully saturated rings. The summed E-state index contributed by atoms with van der Waals surface area (Å²) >= 11 is 0. The molecular weight excluding hydrogens is 178 g/mol. The van der Waals surface area contributed by atoms with Gasteiger partial charge in [-0.3, -0.25) is 0 Å². The highest BCUT2D eigenvalue weighted by Gasteiger charge is 2.39. The molecule has 0 aromatic heterocycles. The van der Waals surface area contributed by atoms with Gasteiger partial charge < -0.3 is 14.7 Å². The van der Waals surface area contributed by atoms with Crippen molar-refractivity contribution in [2.24, 2.45) is 5.92 Å². The number of hydrogen-bond acceptors (Lipinski definition) is 3. The summed E-state index contributed by atoms with van der Waals surface area (Å²) in [7, 11) is 2.14. The lowest BCUT2D eigenvalue weighted by molar-refractivity contribution is -0.0332. The van der Waals surface area contributed by atoms with Gasteiger partial charge in [0.15, 0.2) is 0 Å². The quantitative estimate of drug-likeness (QED) is 0.680. The maximum atomic E-state index is 10.6. The Kier molecular flexibility index (Phi) is 3.10. The monoisotopic (exact) mass is 199 g/mol. The van der Waals surface area contributed by atoms with Crippen molar-refractivity contribution >= 4 is 0 Å². The summed E-state index contributed by atoms with van der Waals surface area (Å²) in [5.41, 5.74) is -0.443. The van der Waals surface area contributed by atoms with E-state index in [4.69, 9.17) is 4.74 Å². The average molecular weight is 199 g/mol. The largest absolute Gasteiger partial charge is 0.389 e. The highest BCUT2D eigenvalue weighted by Crippen LogP contribution is 2.34. The summed E-state index contributed by atoms with van der Waals surface area (Å²) in [5, 5.41) is 10.6. The second kappa shape index (κ2) is 4.17. The predicted octanol–water partition coefficient (Wildman–Crippen LogP) is 0.870. The summed E-state index contributed by atoms with van der Waals surface area (Å²) in [6.45, 7) is 3.74. The van der Waals surface area contributed by atoms with Crippen molar-refractivity contribution in [3.8, 4) is 0 Å². The molecule has 0 bridgehead atoms. The number of ether oxygens (including phenoxy) is 1. The third kappa shape index (κ3) is 2.10. The topological polar surface area (TPSA) is 32.7 Å². The smallest absolute Gasteiger partial charge is 0.0711 e. The maximum absolute atomic E-state index is 10.6. The Bertz CT molecular complexity index is 192. The van der Waals surface area contributed by atoms with Crippen LogP contribution < -0.4 is 0 Å². The standard InChI is InChI=1S/C11H21NO2/c1-12-6-2-4-11(13,5-7-12)10-3-8-14-9-10/h10,13H,2-9H2,1H3. The molecule has 0 saturated carbocycles. The van der Waals surface area contributed by atoms with Gasteiger partial charge in [0.05, 0.1) is 12.2 Å². The second-order valence-corrected chi connectivity index (χ2v) is 4.82. The molecule has 0 aromatic rings. The van der Waals surface area contributed by atoms with E-state index in [1.165, 1.54) is 0 Å². The molecule has 82 valence electrons. The lowest BCUT2D eigenvalue weighted by atomic mass is 9.81. The summed E-state index contributed by atoms with van der Waals surface area (Å²) in [4.78, 5) is 2.31. The van der Waals surface area contributed by atoms with Crippen molar-refractivity contribution in [2.75, 3.05) is 33.4 Å². The molecule has 2 aliphatic rings. The van der Waals surface area contributed by atoms with Crippen LogP contribution >= 0.6 is 0 Å². The molecule has 14 heavy (non-hydrogen) atoms. The maximum Gasteiger partial charge on any atom is 0.0711 e. The second-order valence-electron chi connectivity index (χ2n) is 4.82. The van der Waals surface area contributed by atoms with Gasteiger partial charge in [-0.1, -0.05) is 0 Å². The van der Waals surface area contributed by atoms with Crippen LogP contribution in [0.3, 0.4) is 0 Å². The van der Waals surface area contributed by atoms with E-state index in [0.29, 0.717) is 5.92 Å². The Morgan fingerprint density at radius 1 is 1.36 bits per heavy atom. The molecule has 2 heterocycles. The zero-order valence-corrected chi connectivity index (χ0v) is 9.04. The van der Waals surface area contributed by atoms with Crippen LogP contribution in [0.2, 0.25) is 0 Å². The van der Waals surface area contributed by atoms with Crippen LogP contribution in [-0.2, 0) is 4.74 Å². The van der Waals surface area contributed by atoms with Crippen LogP contribution in [0, 0.1) is 5.92 Å². The van der Waals surface area contributed by atoms with Crippen molar-refractivity contribution < 1.29 is 9.84 Å². The van der Waals surface area contributed by atoms with Crippen molar-refractivity contribution in [1.29, 1.82) is 0 Å². The van der Waals surface area contributed by atoms with Gasteiger partial charge in [0.25, 0.3) is 0 Å². The van der Waals surface area contributed by atoms with Gasteiger partial charge in [-0.05, 0) is 39.3 Å². The van der Waals surface area contributed by atoms with Crippen molar-refractivity contribution in [2.45, 2.75) is 31.3 Å². The first-order valence-corrected chi connectivity index (χ1v) is 5.69. The van der Waals surface area contributed by atoms with E-state index < -0.39 is 5.60 Å². The van der Waals surface area contributed by atoms with Gasteiger partial charge in [0.1, 0.15) is 0 Å². The van der Waals surface area contributed by atoms with Gasteiger partial charge in [0.2, 0.25) is 0 Å². The van der Waals surface area contributed by atoms with E-state index in [2.05, 4.69) is 11.9 Å². The number of likely N-dealkylation sites (tertiary alicyclic amines) is 1. The van der Waals surface area contributed by atoms with Crippen molar-refractivity contribution in [3.05, 3.63) is 0 Å². The van der Waals surface area contributed by atoms with E-state index in [9.17, 15) is 5.11 Å². The average Bonchev–Trinajstić information content (AvgIpc) is 2.63. The highest BCUT2D eigenvalue weighted by molar-refractivity contribution is 4.90. The van der Waals surface area contributed by atoms with Crippen molar-refractivity contribution in [1.82, 2.24) is 4.90 Å². The fourth-order valence-corrected chi connectivity index (χ4v) is 2.64. The molecule has 0 aliphatic carbocycles. The van der Waals surface area contributed by atoms with Gasteiger partial charge >= 0.3 is 0 Å². The summed E-state index contributed by atoms with van der Waals surface area (Å²) < 4.78 is 5.37. The number of hydrogen-bond donors (Lipinski definition) is 1. The summed E-state index contributed by atoms with van der Waals surface area (Å²) in [6.07, 6.45) is 4.02. The molecular formula is C11H21NO2. The number of rotatable bonds is 1. The number of nitrogens with zero attached hydrogens (tertiary/aromatic N) is 1. The Balaban J connectivity index is 1.98. The first kappa shape index (κ1) is 10.4. The third-order valence-electron chi connectivity index (χ3n) is 3.77. The molecule has 1 N–H and O–H groups in total. The van der Waals surface area contributed by atoms with E-state index in [1.807, 2.05) is 0 Å². The molecule has 0 spiro atoms. The van der Waals surface area contributed by atoms with Crippen LogP contribution in [0.1, 0.15) is 25.7 Å². The van der Waals surface area contributed by atoms with Crippen LogP contribution in [0.5, 0.6) is 0 Å². The molecule has 0 amide bonds. The zero-order valence-electron chi connectivity index (χ0n) is 9.04. The van der Waals surface area contributed by atoms with E-state index in [1.54, 1.807) is 0 Å². The fraction of sp³-hybridized carbons (Fsp3) is 1.00. The zero-order chi connectivity index (χ0) is 10.0. The van der Waals surface area contributed by atoms with E-state index in [-0.39, 0.29) is 0 Å². The van der Waals surface area contributed by atoms with Crippen LogP contribution in [0.25, 0.3) is 0 Å². The molecule has 2 aliphatic heterocycles. The molecule has 2 rings (SSSR count). The molecule has 2 unspecified atom stereocenters. The minimum absolute atomic E-state index is 0.383. The fourth-order valence-electron chi connectivity index (χ4n) is 2.64. The molecule has 0 aromatic carbocycles. The van der Waals surface area contributed by atoms with Gasteiger partial charge in [0, 0.05) is 19.1 Å². The Morgan fingerprint density at radius 2 is 2.21 bits per heavy atom. The van der Waals surface area contributed by atoms with E-state index >= 15 is 0 Å². The Labute approximate surface area is 86.0 Å². The van der Waals surface area contributed by atoms with E-state index in [0.717, 1.165) is 52.0 Å². The Morgan fingerprint density at radius 3 is 2.93 bits per heavy atom. The third-order valence-corrected chi connectivity index (χ3v) is 3.77. The lowest BCUT2D eigenvalue weighted by Gasteiger charge is -2.32. The summed E-state index contributed by atoms with van der Waals surface area (Å²) in [5.74, 6) is 0.383. The normalized spacial score (nSPS) is 41.1. The Hall–Kier alpha value is -0.120. The first-order chi connectivity index (χ1) is 6.71. The minimum Gasteiger partial charge on any atom is -0.389 e. The predicted molar refractivity (Wildman–Crippen MR) is 55.2 cm³/mol. The van der Waals surface area contributed by atoms with Crippen LogP contribution in [0.15, 0.2) is 0 Å². The van der Waals surface area contributed by atoms with Crippen molar-refractivity contribution in [3.63, 3.8) is 0 Å². The van der Waals surface area contributed by atoms with Crippen LogP contribution in [-0.4, -0.2) is 49.0 Å². The SMILES string of the molecule is CN1CCCC(O)(C2CCOC2)CC1. The molecule has 0 radical (unpaired) electrons. The highest BCUT2D eigenvalue weighted by atomic mass is 16.5. The lowest BCUT2D eigenvalue weighted by Crippen LogP contribution is -2.39. The van der Waals surface area contributed by atoms with Gasteiger partial charge in [-0.2, -0.15) is 0 Å². The molecule has 3 heteroatoms. The van der Waals surface area contributed by atoms with Gasteiger partial charge in [-0.15, -0.1) is 0 Å². The molecule has 2 atom stereocenters.